The quantitative estimate of drug-likeness (QED) is 0.547. The average Bonchev–Trinajstić information content (AvgIpc) is 3.06. The highest BCUT2D eigenvalue weighted by Gasteiger charge is 2.20. The maximum Gasteiger partial charge on any atom is 0.193 e. The summed E-state index contributed by atoms with van der Waals surface area (Å²) in [5, 5.41) is 12.8. The molecule has 2 aromatic rings. The van der Waals surface area contributed by atoms with Crippen LogP contribution in [0, 0.1) is 0 Å². The molecular weight excluding hydrogens is 328 g/mol. The number of β-amino-alcohol motifs (C(OH)–C–C–N with tert-alkyl or cyclic N) is 1. The number of ether oxygens (including phenoxy) is 1. The van der Waals surface area contributed by atoms with E-state index in [-0.39, 0.29) is 6.10 Å². The first kappa shape index (κ1) is 18.2. The normalized spacial score (nSPS) is 18.1. The number of likely N-dealkylation sites (tertiary alicyclic amines) is 1. The Kier molecular flexibility index (Phi) is 6.09. The van der Waals surface area contributed by atoms with Crippen LogP contribution in [-0.4, -0.2) is 42.3 Å². The molecule has 1 aliphatic heterocycles. The molecular formula is C20H26N4O2. The molecule has 0 aliphatic carbocycles. The number of hydrogen-bond donors (Lipinski definition) is 3. The topological polar surface area (TPSA) is 83.1 Å². The van der Waals surface area contributed by atoms with Crippen LogP contribution in [0.1, 0.15) is 17.5 Å². The molecule has 0 amide bonds. The number of aliphatic hydroxyl groups excluding tert-OH is 1. The fourth-order valence-corrected chi connectivity index (χ4v) is 3.09. The van der Waals surface area contributed by atoms with E-state index in [0.29, 0.717) is 12.5 Å². The van der Waals surface area contributed by atoms with Crippen LogP contribution in [0.2, 0.25) is 0 Å². The molecule has 2 aromatic carbocycles. The van der Waals surface area contributed by atoms with Gasteiger partial charge in [0.05, 0.1) is 19.8 Å². The van der Waals surface area contributed by atoms with E-state index in [1.165, 1.54) is 5.56 Å². The molecule has 0 bridgehead atoms. The summed E-state index contributed by atoms with van der Waals surface area (Å²) in [7, 11) is 1.64. The first-order chi connectivity index (χ1) is 12.6. The lowest BCUT2D eigenvalue weighted by atomic mass is 10.1. The number of aliphatic imine (C=N–C) groups is 1. The standard InChI is InChI=1S/C20H26N4O2/c1-26-19-8-6-17(7-9-19)23-20(21)22-12-15-4-2-3-5-16(15)13-24-11-10-18(25)14-24/h2-9,18,25H,10-14H2,1H3,(H3,21,22,23). The fourth-order valence-electron chi connectivity index (χ4n) is 3.09. The van der Waals surface area contributed by atoms with Gasteiger partial charge in [-0.25, -0.2) is 4.99 Å². The minimum absolute atomic E-state index is 0.204. The molecule has 138 valence electrons. The number of anilines is 1. The minimum Gasteiger partial charge on any atom is -0.497 e. The lowest BCUT2D eigenvalue weighted by molar-refractivity contribution is 0.174. The maximum atomic E-state index is 9.70. The number of guanidine groups is 1. The lowest BCUT2D eigenvalue weighted by Crippen LogP contribution is -2.23. The predicted octanol–water partition coefficient (Wildman–Crippen LogP) is 2.19. The van der Waals surface area contributed by atoms with Crippen molar-refractivity contribution in [3.05, 3.63) is 59.7 Å². The van der Waals surface area contributed by atoms with Crippen LogP contribution in [-0.2, 0) is 13.1 Å². The Bertz CT molecular complexity index is 746. The lowest BCUT2D eigenvalue weighted by Gasteiger charge is -2.17. The number of rotatable bonds is 6. The van der Waals surface area contributed by atoms with Crippen LogP contribution >= 0.6 is 0 Å². The second kappa shape index (κ2) is 8.69. The van der Waals surface area contributed by atoms with E-state index in [9.17, 15) is 5.11 Å². The van der Waals surface area contributed by atoms with Crippen molar-refractivity contribution >= 4 is 11.6 Å². The molecule has 0 saturated carbocycles. The first-order valence-corrected chi connectivity index (χ1v) is 8.82. The number of nitrogens with zero attached hydrogens (tertiary/aromatic N) is 2. The van der Waals surface area contributed by atoms with Gasteiger partial charge < -0.3 is 20.9 Å². The van der Waals surface area contributed by atoms with E-state index in [1.807, 2.05) is 36.4 Å². The zero-order chi connectivity index (χ0) is 18.4. The molecule has 0 spiro atoms. The fraction of sp³-hybridized carbons (Fsp3) is 0.350. The molecule has 1 heterocycles. The van der Waals surface area contributed by atoms with Crippen molar-refractivity contribution < 1.29 is 9.84 Å². The van der Waals surface area contributed by atoms with Crippen LogP contribution in [0.15, 0.2) is 53.5 Å². The Balaban J connectivity index is 1.61. The van der Waals surface area contributed by atoms with Crippen molar-refractivity contribution in [3.63, 3.8) is 0 Å². The predicted molar refractivity (Wildman–Crippen MR) is 104 cm³/mol. The van der Waals surface area contributed by atoms with E-state index < -0.39 is 0 Å². The Hall–Kier alpha value is -2.57. The van der Waals surface area contributed by atoms with Gasteiger partial charge in [0, 0.05) is 25.3 Å². The van der Waals surface area contributed by atoms with Gasteiger partial charge in [-0.05, 0) is 41.8 Å². The van der Waals surface area contributed by atoms with Gasteiger partial charge in [-0.1, -0.05) is 24.3 Å². The van der Waals surface area contributed by atoms with Gasteiger partial charge in [-0.3, -0.25) is 4.90 Å². The van der Waals surface area contributed by atoms with Crippen molar-refractivity contribution in [1.82, 2.24) is 4.90 Å². The third kappa shape index (κ3) is 4.97. The first-order valence-electron chi connectivity index (χ1n) is 8.82. The summed E-state index contributed by atoms with van der Waals surface area (Å²) in [5.41, 5.74) is 9.26. The third-order valence-electron chi connectivity index (χ3n) is 4.54. The number of nitrogens with two attached hydrogens (primary N) is 1. The van der Waals surface area contributed by atoms with Gasteiger partial charge in [0.1, 0.15) is 5.75 Å². The van der Waals surface area contributed by atoms with E-state index >= 15 is 0 Å². The number of aliphatic hydroxyl groups is 1. The Labute approximate surface area is 154 Å². The third-order valence-corrected chi connectivity index (χ3v) is 4.54. The van der Waals surface area contributed by atoms with Gasteiger partial charge in [0.25, 0.3) is 0 Å². The molecule has 0 aromatic heterocycles. The van der Waals surface area contributed by atoms with Gasteiger partial charge in [-0.2, -0.15) is 0 Å². The Morgan fingerprint density at radius 3 is 2.62 bits per heavy atom. The summed E-state index contributed by atoms with van der Waals surface area (Å²) >= 11 is 0. The second-order valence-corrected chi connectivity index (χ2v) is 6.50. The van der Waals surface area contributed by atoms with Gasteiger partial charge in [0.15, 0.2) is 5.96 Å². The van der Waals surface area contributed by atoms with Crippen molar-refractivity contribution in [1.29, 1.82) is 0 Å². The molecule has 6 nitrogen and oxygen atoms in total. The van der Waals surface area contributed by atoms with Crippen LogP contribution in [0.3, 0.4) is 0 Å². The summed E-state index contributed by atoms with van der Waals surface area (Å²) in [6, 6.07) is 15.8. The highest BCUT2D eigenvalue weighted by molar-refractivity contribution is 5.92. The zero-order valence-electron chi connectivity index (χ0n) is 15.1. The number of nitrogens with one attached hydrogen (secondary N) is 1. The maximum absolute atomic E-state index is 9.70. The van der Waals surface area contributed by atoms with Gasteiger partial charge >= 0.3 is 0 Å². The Morgan fingerprint density at radius 2 is 1.96 bits per heavy atom. The van der Waals surface area contributed by atoms with E-state index in [1.54, 1.807) is 7.11 Å². The van der Waals surface area contributed by atoms with E-state index in [0.717, 1.165) is 43.1 Å². The molecule has 3 rings (SSSR count). The molecule has 4 N–H and O–H groups in total. The molecule has 1 saturated heterocycles. The monoisotopic (exact) mass is 354 g/mol. The molecule has 26 heavy (non-hydrogen) atoms. The van der Waals surface area contributed by atoms with E-state index in [4.69, 9.17) is 10.5 Å². The summed E-state index contributed by atoms with van der Waals surface area (Å²) in [4.78, 5) is 6.74. The molecule has 6 heteroatoms. The van der Waals surface area contributed by atoms with Crippen molar-refractivity contribution in [2.75, 3.05) is 25.5 Å². The molecule has 1 fully saturated rings. The molecule has 1 atom stereocenters. The summed E-state index contributed by atoms with van der Waals surface area (Å²) in [6.45, 7) is 3.01. The van der Waals surface area contributed by atoms with Crippen LogP contribution in [0.25, 0.3) is 0 Å². The molecule has 0 radical (unpaired) electrons. The second-order valence-electron chi connectivity index (χ2n) is 6.50. The van der Waals surface area contributed by atoms with Crippen molar-refractivity contribution in [2.24, 2.45) is 10.7 Å². The number of hydrogen-bond acceptors (Lipinski definition) is 4. The molecule has 1 aliphatic rings. The van der Waals surface area contributed by atoms with Crippen molar-refractivity contribution in [3.8, 4) is 5.75 Å². The van der Waals surface area contributed by atoms with Gasteiger partial charge in [0.2, 0.25) is 0 Å². The summed E-state index contributed by atoms with van der Waals surface area (Å²) < 4.78 is 5.14. The number of benzene rings is 2. The molecule has 1 unspecified atom stereocenters. The summed E-state index contributed by atoms with van der Waals surface area (Å²) in [6.07, 6.45) is 0.642. The average molecular weight is 354 g/mol. The highest BCUT2D eigenvalue weighted by Crippen LogP contribution is 2.18. The van der Waals surface area contributed by atoms with Crippen molar-refractivity contribution in [2.45, 2.75) is 25.6 Å². The smallest absolute Gasteiger partial charge is 0.193 e. The summed E-state index contributed by atoms with van der Waals surface area (Å²) in [5.74, 6) is 1.17. The van der Waals surface area contributed by atoms with Gasteiger partial charge in [-0.15, -0.1) is 0 Å². The van der Waals surface area contributed by atoms with Crippen LogP contribution in [0.5, 0.6) is 5.75 Å². The van der Waals surface area contributed by atoms with Crippen LogP contribution in [0.4, 0.5) is 5.69 Å². The highest BCUT2D eigenvalue weighted by atomic mass is 16.5. The number of methoxy groups -OCH3 is 1. The largest absolute Gasteiger partial charge is 0.497 e. The zero-order valence-corrected chi connectivity index (χ0v) is 15.1. The van der Waals surface area contributed by atoms with E-state index in [2.05, 4.69) is 27.3 Å². The SMILES string of the molecule is COc1ccc(NC(N)=NCc2ccccc2CN2CCC(O)C2)cc1. The van der Waals surface area contributed by atoms with Crippen LogP contribution < -0.4 is 15.8 Å². The minimum atomic E-state index is -0.204. The Morgan fingerprint density at radius 1 is 1.23 bits per heavy atom.